The van der Waals surface area contributed by atoms with E-state index in [1.807, 2.05) is 4.90 Å². The normalized spacial score (nSPS) is 15.0. The first-order valence-corrected chi connectivity index (χ1v) is 6.96. The summed E-state index contributed by atoms with van der Waals surface area (Å²) in [4.78, 5) is 31.2. The molecular formula is C14H20N4O3. The summed E-state index contributed by atoms with van der Waals surface area (Å²) in [6.07, 6.45) is 1.55. The number of aromatic nitrogens is 1. The molecule has 0 aromatic carbocycles. The Kier molecular flexibility index (Phi) is 4.62. The molecule has 1 aromatic heterocycles. The van der Waals surface area contributed by atoms with E-state index >= 15 is 0 Å². The molecule has 0 radical (unpaired) electrons. The molecule has 1 saturated heterocycles. The third-order valence-electron chi connectivity index (χ3n) is 3.49. The fraction of sp³-hybridized carbons (Fsp3) is 0.500. The maximum Gasteiger partial charge on any atom is 0.340 e. The summed E-state index contributed by atoms with van der Waals surface area (Å²) in [5.74, 6) is 0.195. The largest absolute Gasteiger partial charge is 0.462 e. The number of pyridine rings is 1. The molecule has 7 nitrogen and oxygen atoms in total. The second-order valence-electron chi connectivity index (χ2n) is 4.81. The Morgan fingerprint density at radius 1 is 1.33 bits per heavy atom. The lowest BCUT2D eigenvalue weighted by Crippen LogP contribution is -2.48. The molecule has 1 aliphatic heterocycles. The van der Waals surface area contributed by atoms with Crippen molar-refractivity contribution in [1.29, 1.82) is 0 Å². The van der Waals surface area contributed by atoms with E-state index in [0.29, 0.717) is 49.9 Å². The number of carbonyl (C=O) groups is 2. The summed E-state index contributed by atoms with van der Waals surface area (Å²) >= 11 is 0. The fourth-order valence-corrected chi connectivity index (χ4v) is 2.33. The van der Waals surface area contributed by atoms with Crippen LogP contribution >= 0.6 is 0 Å². The van der Waals surface area contributed by atoms with E-state index in [-0.39, 0.29) is 5.91 Å². The highest BCUT2D eigenvalue weighted by molar-refractivity contribution is 5.97. The molecule has 2 rings (SSSR count). The van der Waals surface area contributed by atoms with Crippen molar-refractivity contribution in [3.63, 3.8) is 0 Å². The van der Waals surface area contributed by atoms with Crippen LogP contribution in [-0.2, 0) is 9.53 Å². The lowest BCUT2D eigenvalue weighted by molar-refractivity contribution is -0.129. The summed E-state index contributed by atoms with van der Waals surface area (Å²) < 4.78 is 4.98. The van der Waals surface area contributed by atoms with Gasteiger partial charge in [0, 0.05) is 39.3 Å². The Bertz CT molecular complexity index is 539. The van der Waals surface area contributed by atoms with Crippen LogP contribution in [-0.4, -0.2) is 54.5 Å². The van der Waals surface area contributed by atoms with Gasteiger partial charge < -0.3 is 20.3 Å². The highest BCUT2D eigenvalue weighted by atomic mass is 16.5. The first-order chi connectivity index (χ1) is 10.0. The Balaban J connectivity index is 2.16. The number of hydrogen-bond donors (Lipinski definition) is 1. The van der Waals surface area contributed by atoms with Crippen LogP contribution in [0.1, 0.15) is 24.2 Å². The van der Waals surface area contributed by atoms with E-state index in [4.69, 9.17) is 10.5 Å². The number of carbonyl (C=O) groups excluding carboxylic acids is 2. The van der Waals surface area contributed by atoms with E-state index in [2.05, 4.69) is 4.98 Å². The van der Waals surface area contributed by atoms with E-state index in [0.717, 1.165) is 0 Å². The van der Waals surface area contributed by atoms with Gasteiger partial charge >= 0.3 is 5.97 Å². The molecule has 0 aliphatic carbocycles. The molecule has 2 heterocycles. The number of ether oxygens (including phenoxy) is 1. The maximum absolute atomic E-state index is 11.8. The molecule has 7 heteroatoms. The van der Waals surface area contributed by atoms with Crippen LogP contribution in [0.5, 0.6) is 0 Å². The Morgan fingerprint density at radius 3 is 2.57 bits per heavy atom. The summed E-state index contributed by atoms with van der Waals surface area (Å²) in [7, 11) is 0. The molecule has 0 bridgehead atoms. The van der Waals surface area contributed by atoms with Crippen LogP contribution in [0.4, 0.5) is 11.5 Å². The third kappa shape index (κ3) is 3.24. The average molecular weight is 292 g/mol. The molecule has 0 unspecified atom stereocenters. The Hall–Kier alpha value is -2.31. The Labute approximate surface area is 123 Å². The smallest absolute Gasteiger partial charge is 0.340 e. The van der Waals surface area contributed by atoms with Gasteiger partial charge in [0.2, 0.25) is 5.91 Å². The number of piperazine rings is 1. The molecule has 1 aliphatic rings. The van der Waals surface area contributed by atoms with E-state index in [9.17, 15) is 9.59 Å². The minimum atomic E-state index is -0.443. The van der Waals surface area contributed by atoms with Crippen molar-refractivity contribution in [3.05, 3.63) is 17.8 Å². The van der Waals surface area contributed by atoms with Gasteiger partial charge in [-0.2, -0.15) is 0 Å². The van der Waals surface area contributed by atoms with Crippen LogP contribution < -0.4 is 10.6 Å². The van der Waals surface area contributed by atoms with Gasteiger partial charge in [0.25, 0.3) is 0 Å². The van der Waals surface area contributed by atoms with Crippen LogP contribution in [0.2, 0.25) is 0 Å². The summed E-state index contributed by atoms with van der Waals surface area (Å²) in [6, 6.07) is 1.56. The molecule has 0 atom stereocenters. The lowest BCUT2D eigenvalue weighted by Gasteiger charge is -2.35. The number of nitrogen functional groups attached to an aromatic ring is 1. The minimum Gasteiger partial charge on any atom is -0.462 e. The number of rotatable bonds is 3. The first-order valence-electron chi connectivity index (χ1n) is 6.96. The van der Waals surface area contributed by atoms with Crippen molar-refractivity contribution >= 4 is 23.4 Å². The van der Waals surface area contributed by atoms with E-state index in [1.165, 1.54) is 0 Å². The number of hydrogen-bond acceptors (Lipinski definition) is 6. The SMILES string of the molecule is CCOC(=O)c1ccnc(N2CCN(C(C)=O)CC2)c1N. The number of esters is 1. The van der Waals surface area contributed by atoms with Gasteiger partial charge in [-0.15, -0.1) is 0 Å². The summed E-state index contributed by atoms with van der Waals surface area (Å²) in [5, 5.41) is 0. The molecule has 1 aromatic rings. The van der Waals surface area contributed by atoms with Crippen molar-refractivity contribution < 1.29 is 14.3 Å². The molecule has 114 valence electrons. The van der Waals surface area contributed by atoms with Crippen LogP contribution in [0.3, 0.4) is 0 Å². The molecule has 21 heavy (non-hydrogen) atoms. The predicted octanol–water partition coefficient (Wildman–Crippen LogP) is 0.509. The van der Waals surface area contributed by atoms with E-state index in [1.54, 1.807) is 31.0 Å². The van der Waals surface area contributed by atoms with Gasteiger partial charge in [-0.25, -0.2) is 9.78 Å². The first kappa shape index (κ1) is 15.1. The zero-order chi connectivity index (χ0) is 15.4. The zero-order valence-corrected chi connectivity index (χ0v) is 12.3. The average Bonchev–Trinajstić information content (AvgIpc) is 2.48. The Morgan fingerprint density at radius 2 is 2.00 bits per heavy atom. The molecule has 2 N–H and O–H groups in total. The standard InChI is InChI=1S/C14H20N4O3/c1-3-21-14(20)11-4-5-16-13(12(11)15)18-8-6-17(7-9-18)10(2)19/h4-5H,3,6-9,15H2,1-2H3. The van der Waals surface area contributed by atoms with Gasteiger partial charge in [0.15, 0.2) is 5.82 Å². The third-order valence-corrected chi connectivity index (χ3v) is 3.49. The van der Waals surface area contributed by atoms with Crippen molar-refractivity contribution in [2.75, 3.05) is 43.4 Å². The number of anilines is 2. The monoisotopic (exact) mass is 292 g/mol. The predicted molar refractivity (Wildman–Crippen MR) is 79.1 cm³/mol. The van der Waals surface area contributed by atoms with Crippen molar-refractivity contribution in [2.45, 2.75) is 13.8 Å². The van der Waals surface area contributed by atoms with Gasteiger partial charge in [0.05, 0.1) is 17.9 Å². The van der Waals surface area contributed by atoms with E-state index < -0.39 is 5.97 Å². The van der Waals surface area contributed by atoms with Crippen LogP contribution in [0, 0.1) is 0 Å². The topological polar surface area (TPSA) is 88.8 Å². The molecular weight excluding hydrogens is 272 g/mol. The van der Waals surface area contributed by atoms with Gasteiger partial charge in [0.1, 0.15) is 0 Å². The zero-order valence-electron chi connectivity index (χ0n) is 12.3. The van der Waals surface area contributed by atoms with Gasteiger partial charge in [-0.1, -0.05) is 0 Å². The minimum absolute atomic E-state index is 0.0656. The highest BCUT2D eigenvalue weighted by Gasteiger charge is 2.23. The highest BCUT2D eigenvalue weighted by Crippen LogP contribution is 2.25. The van der Waals surface area contributed by atoms with Crippen LogP contribution in [0.15, 0.2) is 12.3 Å². The fourth-order valence-electron chi connectivity index (χ4n) is 2.33. The summed E-state index contributed by atoms with van der Waals surface area (Å²) in [5.41, 5.74) is 6.71. The molecule has 1 amide bonds. The second-order valence-corrected chi connectivity index (χ2v) is 4.81. The number of nitrogens with two attached hydrogens (primary N) is 1. The lowest BCUT2D eigenvalue weighted by atomic mass is 10.2. The summed E-state index contributed by atoms with van der Waals surface area (Å²) in [6.45, 7) is 6.14. The number of nitrogens with zero attached hydrogens (tertiary/aromatic N) is 3. The molecule has 0 spiro atoms. The van der Waals surface area contributed by atoms with Crippen molar-refractivity contribution in [2.24, 2.45) is 0 Å². The maximum atomic E-state index is 11.8. The second kappa shape index (κ2) is 6.43. The van der Waals surface area contributed by atoms with Crippen molar-refractivity contribution in [3.8, 4) is 0 Å². The van der Waals surface area contributed by atoms with Crippen LogP contribution in [0.25, 0.3) is 0 Å². The molecule has 0 saturated carbocycles. The van der Waals surface area contributed by atoms with Gasteiger partial charge in [-0.3, -0.25) is 4.79 Å². The quantitative estimate of drug-likeness (QED) is 0.817. The van der Waals surface area contributed by atoms with Crippen molar-refractivity contribution in [1.82, 2.24) is 9.88 Å². The van der Waals surface area contributed by atoms with Gasteiger partial charge in [-0.05, 0) is 13.0 Å². The number of amides is 1. The molecule has 1 fully saturated rings.